The van der Waals surface area contributed by atoms with E-state index in [1.54, 1.807) is 0 Å². The third-order valence-electron chi connectivity index (χ3n) is 3.01. The maximum absolute atomic E-state index is 10.1. The molecular formula is C13H8Br4O5. The Hall–Kier alpha value is -0.640. The fourth-order valence-electron chi connectivity index (χ4n) is 1.84. The van der Waals surface area contributed by atoms with Crippen LogP contribution in [0, 0.1) is 0 Å². The maximum Gasteiger partial charge on any atom is 0.173 e. The fraction of sp³-hybridized carbons (Fsp3) is 0.0769. The van der Waals surface area contributed by atoms with Gasteiger partial charge in [0.05, 0.1) is 4.47 Å². The maximum atomic E-state index is 10.1. The van der Waals surface area contributed by atoms with Gasteiger partial charge < -0.3 is 25.5 Å². The number of phenols is 5. The molecule has 0 spiro atoms. The van der Waals surface area contributed by atoms with Crippen molar-refractivity contribution in [3.05, 3.63) is 35.1 Å². The summed E-state index contributed by atoms with van der Waals surface area (Å²) in [6, 6.07) is 1.30. The lowest BCUT2D eigenvalue weighted by Gasteiger charge is -2.15. The summed E-state index contributed by atoms with van der Waals surface area (Å²) in [5.41, 5.74) is 0.631. The predicted octanol–water partition coefficient (Wildman–Crippen LogP) is 4.86. The molecule has 0 aliphatic carbocycles. The van der Waals surface area contributed by atoms with Crippen LogP contribution >= 0.6 is 63.7 Å². The number of halogens is 4. The summed E-state index contributed by atoms with van der Waals surface area (Å²) in [5, 5.41) is 49.3. The highest BCUT2D eigenvalue weighted by molar-refractivity contribution is 9.13. The van der Waals surface area contributed by atoms with Gasteiger partial charge in [-0.3, -0.25) is 0 Å². The lowest BCUT2D eigenvalue weighted by atomic mass is 10.0. The van der Waals surface area contributed by atoms with E-state index in [-0.39, 0.29) is 54.1 Å². The zero-order valence-corrected chi connectivity index (χ0v) is 16.9. The molecule has 2 rings (SSSR count). The van der Waals surface area contributed by atoms with Crippen LogP contribution in [0.3, 0.4) is 0 Å². The lowest BCUT2D eigenvalue weighted by Crippen LogP contribution is -1.94. The monoisotopic (exact) mass is 560 g/mol. The number of hydrogen-bond donors (Lipinski definition) is 5. The van der Waals surface area contributed by atoms with Gasteiger partial charge in [0, 0.05) is 16.5 Å². The summed E-state index contributed by atoms with van der Waals surface area (Å²) in [4.78, 5) is 0. The highest BCUT2D eigenvalue weighted by Crippen LogP contribution is 2.50. The first-order chi connectivity index (χ1) is 10.2. The van der Waals surface area contributed by atoms with Crippen LogP contribution in [0.15, 0.2) is 24.0 Å². The summed E-state index contributed by atoms with van der Waals surface area (Å²) in [5.74, 6) is -1.65. The lowest BCUT2D eigenvalue weighted by molar-refractivity contribution is 0.400. The van der Waals surface area contributed by atoms with E-state index in [0.717, 1.165) is 0 Å². The van der Waals surface area contributed by atoms with Gasteiger partial charge in [-0.15, -0.1) is 0 Å². The molecule has 22 heavy (non-hydrogen) atoms. The van der Waals surface area contributed by atoms with Crippen molar-refractivity contribution in [3.8, 4) is 28.7 Å². The Bertz CT molecular complexity index is 747. The number of rotatable bonds is 2. The van der Waals surface area contributed by atoms with Crippen LogP contribution in [-0.4, -0.2) is 25.5 Å². The molecule has 5 N–H and O–H groups in total. The normalized spacial score (nSPS) is 10.9. The van der Waals surface area contributed by atoms with Crippen molar-refractivity contribution >= 4 is 63.7 Å². The van der Waals surface area contributed by atoms with Gasteiger partial charge in [-0.25, -0.2) is 0 Å². The van der Waals surface area contributed by atoms with E-state index in [1.807, 2.05) is 0 Å². The molecule has 5 nitrogen and oxygen atoms in total. The first kappa shape index (κ1) is 17.7. The molecule has 0 aromatic heterocycles. The minimum Gasteiger partial charge on any atom is -0.506 e. The molecule has 2 aromatic carbocycles. The summed E-state index contributed by atoms with van der Waals surface area (Å²) >= 11 is 12.5. The molecule has 2 aromatic rings. The zero-order valence-electron chi connectivity index (χ0n) is 10.5. The van der Waals surface area contributed by atoms with E-state index in [2.05, 4.69) is 63.7 Å². The van der Waals surface area contributed by atoms with E-state index >= 15 is 0 Å². The molecule has 0 saturated heterocycles. The molecule has 118 valence electrons. The highest BCUT2D eigenvalue weighted by atomic mass is 79.9. The van der Waals surface area contributed by atoms with Crippen molar-refractivity contribution < 1.29 is 25.5 Å². The van der Waals surface area contributed by atoms with Crippen molar-refractivity contribution in [1.29, 1.82) is 0 Å². The molecule has 0 fully saturated rings. The van der Waals surface area contributed by atoms with Crippen LogP contribution in [0.4, 0.5) is 0 Å². The smallest absolute Gasteiger partial charge is 0.173 e. The minimum atomic E-state index is -0.346. The molecule has 0 unspecified atom stereocenters. The van der Waals surface area contributed by atoms with E-state index in [1.165, 1.54) is 6.07 Å². The second-order valence-corrected chi connectivity index (χ2v) is 7.53. The van der Waals surface area contributed by atoms with Gasteiger partial charge >= 0.3 is 0 Å². The van der Waals surface area contributed by atoms with E-state index in [9.17, 15) is 25.5 Å². The molecule has 0 heterocycles. The van der Waals surface area contributed by atoms with E-state index < -0.39 is 0 Å². The first-order valence-corrected chi connectivity index (χ1v) is 8.83. The molecule has 0 radical (unpaired) electrons. The number of phenolic OH excluding ortho intramolecular Hbond substituents is 5. The molecule has 0 aliphatic rings. The van der Waals surface area contributed by atoms with Crippen molar-refractivity contribution in [2.45, 2.75) is 6.42 Å². The highest BCUT2D eigenvalue weighted by Gasteiger charge is 2.23. The molecule has 0 atom stereocenters. The molecule has 0 saturated carbocycles. The number of aromatic hydroxyl groups is 5. The predicted molar refractivity (Wildman–Crippen MR) is 94.8 cm³/mol. The average molecular weight is 564 g/mol. The third-order valence-corrected chi connectivity index (χ3v) is 6.72. The van der Waals surface area contributed by atoms with E-state index in [0.29, 0.717) is 10.0 Å². The fourth-order valence-corrected chi connectivity index (χ4v) is 3.88. The van der Waals surface area contributed by atoms with Crippen LogP contribution < -0.4 is 0 Å². The van der Waals surface area contributed by atoms with Crippen LogP contribution in [-0.2, 0) is 6.42 Å². The minimum absolute atomic E-state index is 0.0299. The molecule has 0 bridgehead atoms. The van der Waals surface area contributed by atoms with Crippen LogP contribution in [0.2, 0.25) is 0 Å². The van der Waals surface area contributed by atoms with Crippen molar-refractivity contribution in [1.82, 2.24) is 0 Å². The topological polar surface area (TPSA) is 101 Å². The van der Waals surface area contributed by atoms with Gasteiger partial charge in [-0.2, -0.15) is 0 Å². The Kier molecular flexibility index (Phi) is 5.20. The van der Waals surface area contributed by atoms with Crippen LogP contribution in [0.25, 0.3) is 0 Å². The summed E-state index contributed by atoms with van der Waals surface area (Å²) in [6.07, 6.45) is 0.0299. The van der Waals surface area contributed by atoms with Gasteiger partial charge in [0.1, 0.15) is 20.4 Å². The van der Waals surface area contributed by atoms with Crippen LogP contribution in [0.5, 0.6) is 28.7 Å². The number of hydrogen-bond acceptors (Lipinski definition) is 5. The van der Waals surface area contributed by atoms with Gasteiger partial charge in [0.25, 0.3) is 0 Å². The van der Waals surface area contributed by atoms with Gasteiger partial charge in [-0.05, 0) is 75.3 Å². The Morgan fingerprint density at radius 1 is 0.636 bits per heavy atom. The summed E-state index contributed by atoms with van der Waals surface area (Å²) < 4.78 is 0.774. The molecule has 0 aliphatic heterocycles. The standard InChI is InChI=1S/C13H8Br4O5/c14-6-3(2-5(18)12(21)7(6)15)1-4-10(19)8(16)13(22)9(17)11(4)20/h2,18-22H,1H2. The molecule has 9 heteroatoms. The second kappa shape index (κ2) is 6.46. The van der Waals surface area contributed by atoms with Crippen molar-refractivity contribution in [2.24, 2.45) is 0 Å². The largest absolute Gasteiger partial charge is 0.506 e. The Morgan fingerprint density at radius 3 is 1.64 bits per heavy atom. The van der Waals surface area contributed by atoms with Crippen molar-refractivity contribution in [3.63, 3.8) is 0 Å². The zero-order chi connectivity index (χ0) is 16.8. The van der Waals surface area contributed by atoms with Crippen LogP contribution in [0.1, 0.15) is 11.1 Å². The van der Waals surface area contributed by atoms with Gasteiger partial charge in [0.15, 0.2) is 17.2 Å². The first-order valence-electron chi connectivity index (χ1n) is 5.66. The van der Waals surface area contributed by atoms with Gasteiger partial charge in [-0.1, -0.05) is 0 Å². The Balaban J connectivity index is 2.63. The third kappa shape index (κ3) is 2.91. The SMILES string of the molecule is Oc1cc(Cc2c(O)c(Br)c(O)c(Br)c2O)c(Br)c(Br)c1O. The van der Waals surface area contributed by atoms with Gasteiger partial charge in [0.2, 0.25) is 0 Å². The summed E-state index contributed by atoms with van der Waals surface area (Å²) in [6.45, 7) is 0. The Labute approximate surface area is 158 Å². The molecular weight excluding hydrogens is 556 g/mol. The number of benzene rings is 2. The quantitative estimate of drug-likeness (QED) is 0.336. The summed E-state index contributed by atoms with van der Waals surface area (Å²) in [7, 11) is 0. The second-order valence-electron chi connectivity index (χ2n) is 4.36. The average Bonchev–Trinajstić information content (AvgIpc) is 2.50. The van der Waals surface area contributed by atoms with Crippen molar-refractivity contribution in [2.75, 3.05) is 0 Å². The molecule has 0 amide bonds. The Morgan fingerprint density at radius 2 is 1.14 bits per heavy atom. The van der Waals surface area contributed by atoms with E-state index in [4.69, 9.17) is 0 Å².